The van der Waals surface area contributed by atoms with Crippen LogP contribution >= 0.6 is 27.3 Å². The summed E-state index contributed by atoms with van der Waals surface area (Å²) in [6, 6.07) is 15.2. The number of hydrogen-bond donors (Lipinski definition) is 0. The van der Waals surface area contributed by atoms with E-state index in [4.69, 9.17) is 0 Å². The number of hydrogen-bond acceptors (Lipinski definition) is 5. The average Bonchev–Trinajstić information content (AvgIpc) is 2.97. The lowest BCUT2D eigenvalue weighted by Crippen LogP contribution is -2.42. The van der Waals surface area contributed by atoms with Crippen molar-refractivity contribution in [3.05, 3.63) is 83.8 Å². The molecule has 2 aromatic carbocycles. The van der Waals surface area contributed by atoms with Gasteiger partial charge in [-0.25, -0.2) is 4.99 Å². The Hall–Kier alpha value is -2.51. The molecule has 4 rings (SSSR count). The molecule has 0 radical (unpaired) electrons. The van der Waals surface area contributed by atoms with Crippen LogP contribution in [0.2, 0.25) is 0 Å². The van der Waals surface area contributed by atoms with E-state index in [0.29, 0.717) is 23.4 Å². The predicted molar refractivity (Wildman–Crippen MR) is 111 cm³/mol. The van der Waals surface area contributed by atoms with Gasteiger partial charge < -0.3 is 4.90 Å². The molecule has 0 aliphatic carbocycles. The van der Waals surface area contributed by atoms with Gasteiger partial charge in [-0.2, -0.15) is 0 Å². The van der Waals surface area contributed by atoms with Crippen molar-refractivity contribution in [2.75, 3.05) is 11.6 Å². The molecule has 0 atom stereocenters. The number of carbonyl (C=O) groups is 1. The Morgan fingerprint density at radius 1 is 1.22 bits per heavy atom. The second kappa shape index (κ2) is 7.25. The van der Waals surface area contributed by atoms with Gasteiger partial charge in [-0.3, -0.25) is 14.2 Å². The number of benzene rings is 2. The van der Waals surface area contributed by atoms with Gasteiger partial charge in [0.15, 0.2) is 10.6 Å². The zero-order valence-corrected chi connectivity index (χ0v) is 17.0. The summed E-state index contributed by atoms with van der Waals surface area (Å²) in [5.74, 6) is 0.0186. The van der Waals surface area contributed by atoms with Crippen LogP contribution in [0.15, 0.2) is 62.8 Å². The molecule has 1 aliphatic heterocycles. The number of Topliss-reactive ketones (excluding diaryl/α,β-unsaturated/α-hetero) is 1. The van der Waals surface area contributed by atoms with Crippen molar-refractivity contribution in [2.24, 2.45) is 4.99 Å². The van der Waals surface area contributed by atoms with Gasteiger partial charge >= 0.3 is 0 Å². The molecule has 27 heavy (non-hydrogen) atoms. The zero-order chi connectivity index (χ0) is 19.0. The highest BCUT2D eigenvalue weighted by Gasteiger charge is 2.16. The lowest BCUT2D eigenvalue weighted by atomic mass is 10.1. The van der Waals surface area contributed by atoms with Crippen molar-refractivity contribution >= 4 is 44.8 Å². The molecule has 3 aromatic rings. The first kappa shape index (κ1) is 17.9. The minimum atomic E-state index is -0.0499. The molecule has 0 N–H and O–H groups in total. The van der Waals surface area contributed by atoms with E-state index in [1.54, 1.807) is 17.6 Å². The molecule has 1 aromatic heterocycles. The predicted octanol–water partition coefficient (Wildman–Crippen LogP) is 2.76. The first-order valence-electron chi connectivity index (χ1n) is 8.38. The van der Waals surface area contributed by atoms with Crippen molar-refractivity contribution in [1.82, 2.24) is 4.57 Å². The van der Waals surface area contributed by atoms with Crippen molar-refractivity contribution in [3.8, 4) is 0 Å². The van der Waals surface area contributed by atoms with Gasteiger partial charge in [-0.05, 0) is 42.8 Å². The lowest BCUT2D eigenvalue weighted by Gasteiger charge is -2.25. The van der Waals surface area contributed by atoms with Crippen LogP contribution in [-0.4, -0.2) is 17.0 Å². The van der Waals surface area contributed by atoms with E-state index in [9.17, 15) is 9.59 Å². The number of halogens is 1. The Labute approximate surface area is 168 Å². The highest BCUT2D eigenvalue weighted by atomic mass is 79.9. The van der Waals surface area contributed by atoms with Crippen LogP contribution < -0.4 is 19.8 Å². The zero-order valence-electron chi connectivity index (χ0n) is 14.6. The normalized spacial score (nSPS) is 14.0. The summed E-state index contributed by atoms with van der Waals surface area (Å²) in [5.41, 5.74) is 2.45. The molecule has 136 valence electrons. The van der Waals surface area contributed by atoms with Crippen LogP contribution in [0, 0.1) is 0 Å². The SMILES string of the molecule is CC(=O)c1cccc(N2CN=c3sc(=Cc4cccc(Br)c4)c(=O)n3C2)c1. The Morgan fingerprint density at radius 3 is 2.81 bits per heavy atom. The Balaban J connectivity index is 1.70. The third-order valence-electron chi connectivity index (χ3n) is 4.34. The number of nitrogens with zero attached hydrogens (tertiary/aromatic N) is 3. The maximum absolute atomic E-state index is 12.8. The molecule has 7 heteroatoms. The topological polar surface area (TPSA) is 54.7 Å². The van der Waals surface area contributed by atoms with Gasteiger partial charge in [-0.1, -0.05) is 51.5 Å². The molecule has 0 spiro atoms. The van der Waals surface area contributed by atoms with Crippen LogP contribution in [0.3, 0.4) is 0 Å². The molecule has 0 saturated heterocycles. The van der Waals surface area contributed by atoms with Gasteiger partial charge in [-0.15, -0.1) is 0 Å². The number of ketones is 1. The molecular weight excluding hydrogens is 426 g/mol. The molecule has 0 fully saturated rings. The fraction of sp³-hybridized carbons (Fsp3) is 0.150. The van der Waals surface area contributed by atoms with Crippen molar-refractivity contribution in [2.45, 2.75) is 13.6 Å². The summed E-state index contributed by atoms with van der Waals surface area (Å²) in [7, 11) is 0. The molecule has 0 unspecified atom stereocenters. The number of anilines is 1. The maximum atomic E-state index is 12.8. The van der Waals surface area contributed by atoms with Crippen molar-refractivity contribution in [1.29, 1.82) is 0 Å². The van der Waals surface area contributed by atoms with Crippen LogP contribution in [0.5, 0.6) is 0 Å². The minimum absolute atomic E-state index is 0.0186. The first-order valence-corrected chi connectivity index (χ1v) is 9.99. The summed E-state index contributed by atoms with van der Waals surface area (Å²) in [6.07, 6.45) is 1.89. The first-order chi connectivity index (χ1) is 13.0. The molecule has 0 amide bonds. The van der Waals surface area contributed by atoms with Crippen LogP contribution in [0.1, 0.15) is 22.8 Å². The number of fused-ring (bicyclic) bond motifs is 1. The van der Waals surface area contributed by atoms with Gasteiger partial charge in [0.25, 0.3) is 5.56 Å². The molecule has 0 saturated carbocycles. The Morgan fingerprint density at radius 2 is 2.04 bits per heavy atom. The van der Waals surface area contributed by atoms with Crippen molar-refractivity contribution in [3.63, 3.8) is 0 Å². The fourth-order valence-electron chi connectivity index (χ4n) is 2.94. The summed E-state index contributed by atoms with van der Waals surface area (Å²) in [4.78, 5) is 31.7. The standard InChI is InChI=1S/C20H16BrN3O2S/c1-13(25)15-5-3-7-17(10-15)23-11-22-20-24(12-23)19(26)18(27-20)9-14-4-2-6-16(21)8-14/h2-10H,11-12H2,1H3. The van der Waals surface area contributed by atoms with E-state index >= 15 is 0 Å². The molecule has 0 bridgehead atoms. The molecule has 5 nitrogen and oxygen atoms in total. The number of rotatable bonds is 3. The number of thiazole rings is 1. The second-order valence-electron chi connectivity index (χ2n) is 6.27. The molecular formula is C20H16BrN3O2S. The fourth-order valence-corrected chi connectivity index (χ4v) is 4.32. The van der Waals surface area contributed by atoms with Crippen LogP contribution in [-0.2, 0) is 6.67 Å². The summed E-state index contributed by atoms with van der Waals surface area (Å²) in [5, 5.41) is 0. The number of carbonyl (C=O) groups excluding carboxylic acids is 1. The smallest absolute Gasteiger partial charge is 0.271 e. The van der Waals surface area contributed by atoms with E-state index in [1.165, 1.54) is 11.3 Å². The Bertz CT molecular complexity index is 1210. The van der Waals surface area contributed by atoms with E-state index < -0.39 is 0 Å². The molecule has 1 aliphatic rings. The van der Waals surface area contributed by atoms with Crippen molar-refractivity contribution < 1.29 is 4.79 Å². The summed E-state index contributed by atoms with van der Waals surface area (Å²) in [6.45, 7) is 2.42. The number of aromatic nitrogens is 1. The van der Waals surface area contributed by atoms with E-state index in [2.05, 4.69) is 20.9 Å². The monoisotopic (exact) mass is 441 g/mol. The summed E-state index contributed by atoms with van der Waals surface area (Å²) < 4.78 is 3.31. The van der Waals surface area contributed by atoms with Gasteiger partial charge in [0, 0.05) is 15.7 Å². The van der Waals surface area contributed by atoms with Gasteiger partial charge in [0.05, 0.1) is 4.53 Å². The summed E-state index contributed by atoms with van der Waals surface area (Å²) >= 11 is 4.85. The highest BCUT2D eigenvalue weighted by Crippen LogP contribution is 2.18. The lowest BCUT2D eigenvalue weighted by molar-refractivity contribution is 0.101. The van der Waals surface area contributed by atoms with E-state index in [-0.39, 0.29) is 11.3 Å². The van der Waals surface area contributed by atoms with E-state index in [1.807, 2.05) is 53.4 Å². The maximum Gasteiger partial charge on any atom is 0.271 e. The largest absolute Gasteiger partial charge is 0.334 e. The average molecular weight is 442 g/mol. The van der Waals surface area contributed by atoms with Gasteiger partial charge in [0.2, 0.25) is 0 Å². The van der Waals surface area contributed by atoms with Crippen LogP contribution in [0.25, 0.3) is 6.08 Å². The third kappa shape index (κ3) is 3.65. The van der Waals surface area contributed by atoms with Crippen LogP contribution in [0.4, 0.5) is 5.69 Å². The third-order valence-corrected chi connectivity index (χ3v) is 5.88. The molecule has 2 heterocycles. The van der Waals surface area contributed by atoms with Gasteiger partial charge in [0.1, 0.15) is 13.3 Å². The second-order valence-corrected chi connectivity index (χ2v) is 8.19. The minimum Gasteiger partial charge on any atom is -0.334 e. The Kier molecular flexibility index (Phi) is 4.80. The highest BCUT2D eigenvalue weighted by molar-refractivity contribution is 9.10. The van der Waals surface area contributed by atoms with E-state index in [0.717, 1.165) is 20.5 Å². The quantitative estimate of drug-likeness (QED) is 0.587.